The molecular weight excluding hydrogens is 635 g/mol. The number of anilines is 4. The van der Waals surface area contributed by atoms with Gasteiger partial charge >= 0.3 is 0 Å². The van der Waals surface area contributed by atoms with Crippen molar-refractivity contribution in [1.82, 2.24) is 9.97 Å². The van der Waals surface area contributed by atoms with Crippen LogP contribution in [0.2, 0.25) is 0 Å². The molecule has 1 aliphatic heterocycles. The third-order valence-electron chi connectivity index (χ3n) is 10.5. The lowest BCUT2D eigenvalue weighted by Crippen LogP contribution is -2.40. The van der Waals surface area contributed by atoms with Crippen molar-refractivity contribution in [2.45, 2.75) is 0 Å². The van der Waals surface area contributed by atoms with Gasteiger partial charge in [0.1, 0.15) is 19.0 Å². The third kappa shape index (κ3) is 4.12. The summed E-state index contributed by atoms with van der Waals surface area (Å²) in [4.78, 5) is 11.0. The first-order valence-corrected chi connectivity index (χ1v) is 17.6. The molecular formula is C46H29BN4O. The van der Waals surface area contributed by atoms with Gasteiger partial charge in [0, 0.05) is 27.3 Å². The molecule has 11 rings (SSSR count). The lowest BCUT2D eigenvalue weighted by atomic mass is 9.88. The molecule has 2 aromatic heterocycles. The zero-order valence-corrected chi connectivity index (χ0v) is 28.3. The predicted octanol–water partition coefficient (Wildman–Crippen LogP) is 10.6. The molecule has 52 heavy (non-hydrogen) atoms. The quantitative estimate of drug-likeness (QED) is 0.176. The van der Waals surface area contributed by atoms with E-state index in [0.29, 0.717) is 5.95 Å². The van der Waals surface area contributed by atoms with Crippen molar-refractivity contribution in [3.05, 3.63) is 164 Å². The van der Waals surface area contributed by atoms with E-state index in [1.165, 1.54) is 5.39 Å². The maximum Gasteiger partial charge on any atom is 0.251 e. The summed E-state index contributed by atoms with van der Waals surface area (Å²) < 4.78 is 6.81. The van der Waals surface area contributed by atoms with E-state index in [-0.39, 0.29) is 0 Å². The van der Waals surface area contributed by atoms with E-state index in [1.807, 2.05) is 6.07 Å². The van der Waals surface area contributed by atoms with Gasteiger partial charge < -0.3 is 4.42 Å². The van der Waals surface area contributed by atoms with Crippen molar-refractivity contribution >= 4 is 90.7 Å². The number of hydrogen-bond acceptors (Lipinski definition) is 5. The Morgan fingerprint density at radius 2 is 1.17 bits per heavy atom. The Bertz CT molecular complexity index is 3060. The second-order valence-electron chi connectivity index (χ2n) is 13.5. The number of nitrogens with zero attached hydrogens (tertiary/aromatic N) is 4. The molecule has 0 saturated carbocycles. The van der Waals surface area contributed by atoms with Gasteiger partial charge in [-0.1, -0.05) is 133 Å². The van der Waals surface area contributed by atoms with Crippen LogP contribution in [0.3, 0.4) is 0 Å². The molecule has 0 fully saturated rings. The summed E-state index contributed by atoms with van der Waals surface area (Å²) in [7, 11) is 2.15. The first kappa shape index (κ1) is 28.9. The first-order valence-electron chi connectivity index (χ1n) is 17.6. The van der Waals surface area contributed by atoms with Crippen LogP contribution in [0, 0.1) is 0 Å². The molecule has 10 aromatic rings. The Kier molecular flexibility index (Phi) is 6.13. The zero-order chi connectivity index (χ0) is 34.3. The minimum absolute atomic E-state index is 0.572. The van der Waals surface area contributed by atoms with Crippen molar-refractivity contribution in [3.63, 3.8) is 0 Å². The van der Waals surface area contributed by atoms with Gasteiger partial charge in [0.25, 0.3) is 5.95 Å². The van der Waals surface area contributed by atoms with Gasteiger partial charge in [-0.25, -0.2) is 20.0 Å². The molecule has 0 saturated heterocycles. The number of hydrazine groups is 1. The van der Waals surface area contributed by atoms with E-state index in [9.17, 15) is 0 Å². The van der Waals surface area contributed by atoms with Gasteiger partial charge in [0.2, 0.25) is 0 Å². The van der Waals surface area contributed by atoms with Crippen LogP contribution in [0.4, 0.5) is 23.0 Å². The van der Waals surface area contributed by atoms with E-state index in [4.69, 9.17) is 14.4 Å². The molecule has 5 nitrogen and oxygen atoms in total. The molecule has 0 radical (unpaired) electrons. The van der Waals surface area contributed by atoms with Crippen molar-refractivity contribution in [3.8, 4) is 22.4 Å². The number of fused-ring (bicyclic) bond motifs is 12. The second-order valence-corrected chi connectivity index (χ2v) is 13.5. The normalized spacial score (nSPS) is 12.6. The van der Waals surface area contributed by atoms with E-state index in [2.05, 4.69) is 176 Å². The predicted molar refractivity (Wildman–Crippen MR) is 218 cm³/mol. The van der Waals surface area contributed by atoms with Crippen LogP contribution < -0.4 is 15.5 Å². The van der Waals surface area contributed by atoms with Crippen LogP contribution in [-0.2, 0) is 0 Å². The Hall–Kier alpha value is -6.92. The van der Waals surface area contributed by atoms with Gasteiger partial charge in [-0.3, -0.25) is 0 Å². The van der Waals surface area contributed by atoms with E-state index >= 15 is 0 Å². The van der Waals surface area contributed by atoms with Crippen molar-refractivity contribution < 1.29 is 4.42 Å². The van der Waals surface area contributed by atoms with Gasteiger partial charge in [-0.05, 0) is 58.1 Å². The van der Waals surface area contributed by atoms with E-state index < -0.39 is 0 Å². The minimum atomic E-state index is 0.572. The van der Waals surface area contributed by atoms with E-state index in [1.54, 1.807) is 0 Å². The number of benzene rings is 8. The molecule has 0 aliphatic carbocycles. The molecule has 0 bridgehead atoms. The summed E-state index contributed by atoms with van der Waals surface area (Å²) in [5.74, 6) is 0.572. The highest BCUT2D eigenvalue weighted by Gasteiger charge is 2.38. The fourth-order valence-electron chi connectivity index (χ4n) is 8.13. The minimum Gasteiger partial charge on any atom is -0.455 e. The molecule has 0 unspecified atom stereocenters. The lowest BCUT2D eigenvalue weighted by Gasteiger charge is -2.43. The Morgan fingerprint density at radius 1 is 0.519 bits per heavy atom. The third-order valence-corrected chi connectivity index (χ3v) is 10.5. The van der Waals surface area contributed by atoms with Gasteiger partial charge in [0.05, 0.1) is 33.7 Å². The van der Waals surface area contributed by atoms with Crippen LogP contribution >= 0.6 is 0 Å². The molecule has 0 amide bonds. The van der Waals surface area contributed by atoms with Gasteiger partial charge in [-0.15, -0.1) is 0 Å². The number of aromatic nitrogens is 2. The Labute approximate surface area is 300 Å². The maximum absolute atomic E-state index is 6.81. The summed E-state index contributed by atoms with van der Waals surface area (Å²) in [6.07, 6.45) is 0. The SMILES string of the molecule is Bc1ccccc1-c1nc(N2c3c(c4ccccc4c4oc5ccccc5c34)-c3cc4ccccc4cc3N2c2ccccc2)nc2ccccc12. The van der Waals surface area contributed by atoms with Crippen molar-refractivity contribution in [2.75, 3.05) is 10.0 Å². The molecule has 0 N–H and O–H groups in total. The average molecular weight is 665 g/mol. The van der Waals surface area contributed by atoms with Crippen LogP contribution in [-0.4, -0.2) is 17.8 Å². The molecule has 0 atom stereocenters. The molecule has 8 aromatic carbocycles. The van der Waals surface area contributed by atoms with Gasteiger partial charge in [0.15, 0.2) is 0 Å². The van der Waals surface area contributed by atoms with Crippen molar-refractivity contribution in [1.29, 1.82) is 0 Å². The lowest BCUT2D eigenvalue weighted by molar-refractivity contribution is 0.672. The second kappa shape index (κ2) is 11.0. The average Bonchev–Trinajstić information content (AvgIpc) is 3.60. The number of hydrogen-bond donors (Lipinski definition) is 0. The monoisotopic (exact) mass is 664 g/mol. The molecule has 0 spiro atoms. The summed E-state index contributed by atoms with van der Waals surface area (Å²) in [6, 6.07) is 57.6. The standard InChI is InChI=1S/C46H29BN4O/c47-37-23-11-8-20-33(37)43-34-21-9-12-24-38(34)48-46(49-43)51-44-41(31-18-6-7-19-32(31)45-42(44)35-22-10-13-25-40(35)52-45)36-26-28-14-4-5-15-29(28)27-39(36)50(51)30-16-2-1-3-17-30/h1-27H,47H2. The first-order chi connectivity index (χ1) is 25.7. The topological polar surface area (TPSA) is 45.4 Å². The van der Waals surface area contributed by atoms with Crippen molar-refractivity contribution in [2.24, 2.45) is 0 Å². The fraction of sp³-hybridized carbons (Fsp3) is 0. The van der Waals surface area contributed by atoms with Crippen LogP contribution in [0.25, 0.3) is 76.8 Å². The number of para-hydroxylation sites is 3. The van der Waals surface area contributed by atoms with Crippen LogP contribution in [0.1, 0.15) is 0 Å². The smallest absolute Gasteiger partial charge is 0.251 e. The summed E-state index contributed by atoms with van der Waals surface area (Å²) in [5, 5.41) is 12.1. The molecule has 242 valence electrons. The maximum atomic E-state index is 6.81. The summed E-state index contributed by atoms with van der Waals surface area (Å²) in [6.45, 7) is 0. The highest BCUT2D eigenvalue weighted by molar-refractivity contribution is 6.36. The molecule has 1 aliphatic rings. The Balaban J connectivity index is 1.37. The highest BCUT2D eigenvalue weighted by Crippen LogP contribution is 2.57. The fourth-order valence-corrected chi connectivity index (χ4v) is 8.13. The largest absolute Gasteiger partial charge is 0.455 e. The number of furan rings is 1. The van der Waals surface area contributed by atoms with E-state index in [0.717, 1.165) is 93.9 Å². The Morgan fingerprint density at radius 3 is 2.00 bits per heavy atom. The summed E-state index contributed by atoms with van der Waals surface area (Å²) >= 11 is 0. The highest BCUT2D eigenvalue weighted by atomic mass is 16.3. The molecule has 3 heterocycles. The number of rotatable bonds is 3. The summed E-state index contributed by atoms with van der Waals surface area (Å²) in [5.41, 5.74) is 11.0. The van der Waals surface area contributed by atoms with Crippen LogP contribution in [0.5, 0.6) is 0 Å². The zero-order valence-electron chi connectivity index (χ0n) is 28.3. The van der Waals surface area contributed by atoms with Gasteiger partial charge in [-0.2, -0.15) is 0 Å². The van der Waals surface area contributed by atoms with Crippen LogP contribution in [0.15, 0.2) is 168 Å². The molecule has 6 heteroatoms.